The maximum absolute atomic E-state index is 6.67. The molecular weight excluding hydrogens is 320 g/mol. The lowest BCUT2D eigenvalue weighted by Gasteiger charge is -2.37. The van der Waals surface area contributed by atoms with Crippen molar-refractivity contribution in [3.8, 4) is 0 Å². The Bertz CT molecular complexity index is 365. The van der Waals surface area contributed by atoms with E-state index in [1.54, 1.807) is 0 Å². The van der Waals surface area contributed by atoms with Crippen LogP contribution < -0.4 is 0 Å². The van der Waals surface area contributed by atoms with Gasteiger partial charge in [-0.1, -0.05) is 91.4 Å². The van der Waals surface area contributed by atoms with Crippen LogP contribution in [0.1, 0.15) is 117 Å². The molecule has 0 aromatic rings. The molecule has 0 unspecified atom stereocenters. The first kappa shape index (κ1) is 22.8. The van der Waals surface area contributed by atoms with Crippen molar-refractivity contribution in [3.63, 3.8) is 0 Å². The minimum atomic E-state index is -1.69. The smallest absolute Gasteiger partial charge is 0.250 e. The highest BCUT2D eigenvalue weighted by molar-refractivity contribution is 6.74. The number of allylic oxidation sites excluding steroid dienone is 2. The molecule has 25 heavy (non-hydrogen) atoms. The van der Waals surface area contributed by atoms with Crippen molar-refractivity contribution in [3.05, 3.63) is 11.8 Å². The average molecular weight is 367 g/mol. The van der Waals surface area contributed by atoms with E-state index in [1.807, 2.05) is 0 Å². The summed E-state index contributed by atoms with van der Waals surface area (Å²) in [6.07, 6.45) is 23.2. The fourth-order valence-corrected chi connectivity index (χ4v) is 4.47. The zero-order chi connectivity index (χ0) is 18.6. The molecule has 0 saturated carbocycles. The van der Waals surface area contributed by atoms with Crippen molar-refractivity contribution < 1.29 is 4.43 Å². The SMILES string of the molecule is CC(C)(C)[Si](C)(C)O/C1=C\CCCCCCCCCCCCCCC1. The first-order valence-electron chi connectivity index (χ1n) is 11.2. The Morgan fingerprint density at radius 1 is 0.680 bits per heavy atom. The summed E-state index contributed by atoms with van der Waals surface area (Å²) in [5, 5.41) is 0.293. The van der Waals surface area contributed by atoms with Gasteiger partial charge in [0.2, 0.25) is 8.32 Å². The molecule has 0 bridgehead atoms. The van der Waals surface area contributed by atoms with Crippen molar-refractivity contribution >= 4 is 8.32 Å². The summed E-state index contributed by atoms with van der Waals surface area (Å²) in [5.74, 6) is 1.32. The molecule has 0 N–H and O–H groups in total. The molecule has 1 aliphatic carbocycles. The number of rotatable bonds is 2. The van der Waals surface area contributed by atoms with E-state index in [4.69, 9.17) is 4.43 Å². The Labute approximate surface area is 160 Å². The van der Waals surface area contributed by atoms with E-state index < -0.39 is 8.32 Å². The lowest BCUT2D eigenvalue weighted by atomic mass is 10.0. The van der Waals surface area contributed by atoms with Gasteiger partial charge in [0, 0.05) is 6.42 Å². The highest BCUT2D eigenvalue weighted by Crippen LogP contribution is 2.38. The molecule has 0 aromatic heterocycles. The molecule has 0 amide bonds. The molecule has 0 aromatic carbocycles. The quantitative estimate of drug-likeness (QED) is 0.444. The molecule has 2 heteroatoms. The molecule has 0 aliphatic heterocycles. The summed E-state index contributed by atoms with van der Waals surface area (Å²) >= 11 is 0. The van der Waals surface area contributed by atoms with E-state index in [2.05, 4.69) is 39.9 Å². The maximum Gasteiger partial charge on any atom is 0.250 e. The second-order valence-electron chi connectivity index (χ2n) is 9.67. The molecule has 0 saturated heterocycles. The molecule has 0 fully saturated rings. The van der Waals surface area contributed by atoms with Crippen molar-refractivity contribution in [2.24, 2.45) is 0 Å². The van der Waals surface area contributed by atoms with Crippen LogP contribution in [0, 0.1) is 0 Å². The van der Waals surface area contributed by atoms with Crippen molar-refractivity contribution in [1.82, 2.24) is 0 Å². The largest absolute Gasteiger partial charge is 0.547 e. The highest BCUT2D eigenvalue weighted by Gasteiger charge is 2.39. The first-order valence-corrected chi connectivity index (χ1v) is 14.1. The molecule has 0 spiro atoms. The van der Waals surface area contributed by atoms with Gasteiger partial charge < -0.3 is 4.43 Å². The normalized spacial score (nSPS) is 23.3. The third-order valence-electron chi connectivity index (χ3n) is 6.19. The van der Waals surface area contributed by atoms with Gasteiger partial charge in [0.05, 0.1) is 5.76 Å². The van der Waals surface area contributed by atoms with E-state index in [0.717, 1.165) is 6.42 Å². The summed E-state index contributed by atoms with van der Waals surface area (Å²) in [6.45, 7) is 11.8. The van der Waals surface area contributed by atoms with Crippen molar-refractivity contribution in [2.45, 2.75) is 135 Å². The van der Waals surface area contributed by atoms with Crippen LogP contribution in [-0.2, 0) is 4.43 Å². The van der Waals surface area contributed by atoms with Crippen LogP contribution in [-0.4, -0.2) is 8.32 Å². The molecule has 1 aliphatic rings. The fourth-order valence-electron chi connectivity index (χ4n) is 3.33. The summed E-state index contributed by atoms with van der Waals surface area (Å²) in [7, 11) is -1.69. The number of hydrogen-bond donors (Lipinski definition) is 0. The van der Waals surface area contributed by atoms with Crippen LogP contribution in [0.15, 0.2) is 11.8 Å². The maximum atomic E-state index is 6.67. The Hall–Kier alpha value is -0.243. The van der Waals surface area contributed by atoms with Crippen LogP contribution in [0.2, 0.25) is 18.1 Å². The van der Waals surface area contributed by atoms with Crippen LogP contribution in [0.4, 0.5) is 0 Å². The van der Waals surface area contributed by atoms with Gasteiger partial charge >= 0.3 is 0 Å². The summed E-state index contributed by atoms with van der Waals surface area (Å²) in [4.78, 5) is 0. The molecule has 0 atom stereocenters. The Morgan fingerprint density at radius 2 is 1.08 bits per heavy atom. The lowest BCUT2D eigenvalue weighted by Crippen LogP contribution is -2.40. The van der Waals surface area contributed by atoms with Gasteiger partial charge in [-0.05, 0) is 43.5 Å². The van der Waals surface area contributed by atoms with Gasteiger partial charge in [0.1, 0.15) is 0 Å². The topological polar surface area (TPSA) is 9.23 Å². The molecular formula is C23H46OSi. The van der Waals surface area contributed by atoms with Crippen molar-refractivity contribution in [2.75, 3.05) is 0 Å². The second kappa shape index (κ2) is 12.2. The molecule has 0 radical (unpaired) electrons. The summed E-state index contributed by atoms with van der Waals surface area (Å²) < 4.78 is 6.67. The Kier molecular flexibility index (Phi) is 11.1. The van der Waals surface area contributed by atoms with Gasteiger partial charge in [-0.2, -0.15) is 0 Å². The third kappa shape index (κ3) is 10.5. The predicted octanol–water partition coefficient (Wildman–Crippen LogP) is 8.76. The Balaban J connectivity index is 2.56. The third-order valence-corrected chi connectivity index (χ3v) is 10.6. The van der Waals surface area contributed by atoms with Gasteiger partial charge in [-0.15, -0.1) is 0 Å². The molecule has 148 valence electrons. The monoisotopic (exact) mass is 366 g/mol. The second-order valence-corrected chi connectivity index (χ2v) is 14.4. The Morgan fingerprint density at radius 3 is 1.52 bits per heavy atom. The van der Waals surface area contributed by atoms with Crippen molar-refractivity contribution in [1.29, 1.82) is 0 Å². The lowest BCUT2D eigenvalue weighted by molar-refractivity contribution is 0.358. The molecule has 1 rings (SSSR count). The standard InChI is InChI=1S/C23H46OSi/c1-23(2,3)25(4,5)24-22-20-18-16-14-12-10-8-6-7-9-11-13-15-17-19-21-22/h20H,6-19,21H2,1-5H3/b22-20-. The van der Waals surface area contributed by atoms with Crippen LogP contribution in [0.5, 0.6) is 0 Å². The van der Waals surface area contributed by atoms with E-state index in [-0.39, 0.29) is 0 Å². The van der Waals surface area contributed by atoms with Crippen LogP contribution in [0.3, 0.4) is 0 Å². The van der Waals surface area contributed by atoms with Gasteiger partial charge in [0.25, 0.3) is 0 Å². The number of hydrogen-bond acceptors (Lipinski definition) is 1. The minimum Gasteiger partial charge on any atom is -0.547 e. The van der Waals surface area contributed by atoms with Gasteiger partial charge in [-0.25, -0.2) is 0 Å². The highest BCUT2D eigenvalue weighted by atomic mass is 28.4. The van der Waals surface area contributed by atoms with Gasteiger partial charge in [0.15, 0.2) is 0 Å². The van der Waals surface area contributed by atoms with Crippen LogP contribution >= 0.6 is 0 Å². The molecule has 1 nitrogen and oxygen atoms in total. The fraction of sp³-hybridized carbons (Fsp3) is 0.913. The zero-order valence-electron chi connectivity index (χ0n) is 18.1. The predicted molar refractivity (Wildman–Crippen MR) is 116 cm³/mol. The van der Waals surface area contributed by atoms with Gasteiger partial charge in [-0.3, -0.25) is 0 Å². The van der Waals surface area contributed by atoms with E-state index in [0.29, 0.717) is 5.04 Å². The summed E-state index contributed by atoms with van der Waals surface area (Å²) in [5.41, 5.74) is 0. The van der Waals surface area contributed by atoms with Crippen LogP contribution in [0.25, 0.3) is 0 Å². The minimum absolute atomic E-state index is 0.293. The first-order chi connectivity index (χ1) is 11.8. The van der Waals surface area contributed by atoms with E-state index >= 15 is 0 Å². The van der Waals surface area contributed by atoms with E-state index in [1.165, 1.54) is 95.7 Å². The zero-order valence-corrected chi connectivity index (χ0v) is 19.1. The van der Waals surface area contributed by atoms with E-state index in [9.17, 15) is 0 Å². The summed E-state index contributed by atoms with van der Waals surface area (Å²) in [6, 6.07) is 0. The molecule has 0 heterocycles. The average Bonchev–Trinajstić information content (AvgIpc) is 2.52.